The summed E-state index contributed by atoms with van der Waals surface area (Å²) in [5, 5.41) is 19.9. The predicted molar refractivity (Wildman–Crippen MR) is 56.2 cm³/mol. The molecule has 0 aromatic carbocycles. The number of fused-ring (bicyclic) bond motifs is 1. The molecule has 7 heteroatoms. The molecule has 0 bridgehead atoms. The van der Waals surface area contributed by atoms with Crippen molar-refractivity contribution >= 4 is 17.3 Å². The smallest absolute Gasteiger partial charge is 0.312 e. The Morgan fingerprint density at radius 1 is 1.62 bits per heavy atom. The van der Waals surface area contributed by atoms with Crippen LogP contribution in [-0.4, -0.2) is 31.5 Å². The molecule has 1 aliphatic carbocycles. The van der Waals surface area contributed by atoms with Crippen molar-refractivity contribution in [3.05, 3.63) is 16.8 Å². The van der Waals surface area contributed by atoms with Gasteiger partial charge in [-0.05, 0) is 12.8 Å². The Kier molecular flexibility index (Phi) is 2.00. The Morgan fingerprint density at radius 2 is 2.50 bits per heavy atom. The molecule has 3 rings (SSSR count). The first-order valence-corrected chi connectivity index (χ1v) is 5.66. The Labute approximate surface area is 94.3 Å². The molecule has 0 fully saturated rings. The van der Waals surface area contributed by atoms with E-state index in [0.717, 1.165) is 16.3 Å². The summed E-state index contributed by atoms with van der Waals surface area (Å²) >= 11 is 1.50. The summed E-state index contributed by atoms with van der Waals surface area (Å²) in [5.41, 5.74) is 1.37. The molecule has 2 heterocycles. The van der Waals surface area contributed by atoms with E-state index in [-0.39, 0.29) is 0 Å². The molecule has 16 heavy (non-hydrogen) atoms. The highest BCUT2D eigenvalue weighted by atomic mass is 32.1. The third-order valence-electron chi connectivity index (χ3n) is 2.65. The van der Waals surface area contributed by atoms with Gasteiger partial charge in [-0.25, -0.2) is 4.98 Å². The molecule has 0 amide bonds. The van der Waals surface area contributed by atoms with Crippen molar-refractivity contribution in [2.75, 3.05) is 0 Å². The minimum absolute atomic E-state index is 0.452. The first-order valence-electron chi connectivity index (χ1n) is 4.84. The van der Waals surface area contributed by atoms with Gasteiger partial charge < -0.3 is 5.11 Å². The highest BCUT2D eigenvalue weighted by Crippen LogP contribution is 2.39. The fraction of sp³-hybridized carbons (Fsp3) is 0.333. The molecule has 0 spiro atoms. The number of carbonyl (C=O) groups is 1. The summed E-state index contributed by atoms with van der Waals surface area (Å²) in [6.07, 6.45) is 3.04. The molecule has 0 radical (unpaired) electrons. The van der Waals surface area contributed by atoms with Crippen LogP contribution >= 0.6 is 11.3 Å². The van der Waals surface area contributed by atoms with Crippen LogP contribution in [0.15, 0.2) is 6.20 Å². The Hall–Kier alpha value is -1.76. The van der Waals surface area contributed by atoms with E-state index in [1.807, 2.05) is 0 Å². The minimum Gasteiger partial charge on any atom is -0.481 e. The van der Waals surface area contributed by atoms with Gasteiger partial charge in [0.1, 0.15) is 16.6 Å². The summed E-state index contributed by atoms with van der Waals surface area (Å²) in [7, 11) is 0. The molecule has 6 nitrogen and oxygen atoms in total. The van der Waals surface area contributed by atoms with Crippen molar-refractivity contribution < 1.29 is 9.90 Å². The number of H-pyrrole nitrogens is 1. The largest absolute Gasteiger partial charge is 0.481 e. The lowest BCUT2D eigenvalue weighted by Gasteiger charge is -2.00. The van der Waals surface area contributed by atoms with E-state index in [9.17, 15) is 4.79 Å². The second kappa shape index (κ2) is 3.38. The van der Waals surface area contributed by atoms with Crippen LogP contribution in [0, 0.1) is 0 Å². The highest BCUT2D eigenvalue weighted by molar-refractivity contribution is 7.15. The van der Waals surface area contributed by atoms with Crippen molar-refractivity contribution in [3.63, 3.8) is 0 Å². The number of aromatic nitrogens is 4. The maximum atomic E-state index is 11.0. The van der Waals surface area contributed by atoms with Crippen LogP contribution in [0.4, 0.5) is 0 Å². The number of aromatic amines is 1. The molecule has 1 aliphatic rings. The van der Waals surface area contributed by atoms with Gasteiger partial charge in [0.15, 0.2) is 0 Å². The zero-order chi connectivity index (χ0) is 11.1. The summed E-state index contributed by atoms with van der Waals surface area (Å²) in [6.45, 7) is 0. The zero-order valence-corrected chi connectivity index (χ0v) is 8.99. The molecular formula is C9H8N4O2S. The van der Waals surface area contributed by atoms with E-state index in [2.05, 4.69) is 20.4 Å². The van der Waals surface area contributed by atoms with E-state index in [1.165, 1.54) is 11.3 Å². The van der Waals surface area contributed by atoms with Crippen molar-refractivity contribution in [2.45, 2.75) is 18.8 Å². The van der Waals surface area contributed by atoms with Crippen LogP contribution in [0.2, 0.25) is 0 Å². The Balaban J connectivity index is 2.02. The topological polar surface area (TPSA) is 91.8 Å². The van der Waals surface area contributed by atoms with Gasteiger partial charge >= 0.3 is 5.97 Å². The predicted octanol–water partition coefficient (Wildman–Crippen LogP) is 1.04. The number of hydrogen-bond acceptors (Lipinski definition) is 5. The van der Waals surface area contributed by atoms with Gasteiger partial charge in [-0.2, -0.15) is 15.4 Å². The SMILES string of the molecule is O=C(O)C1CCc2sc(-c3cn[nH]n3)nc21. The third kappa shape index (κ3) is 1.32. The summed E-state index contributed by atoms with van der Waals surface area (Å²) < 4.78 is 0. The molecule has 2 aromatic rings. The van der Waals surface area contributed by atoms with E-state index >= 15 is 0 Å². The van der Waals surface area contributed by atoms with Gasteiger partial charge in [-0.1, -0.05) is 0 Å². The van der Waals surface area contributed by atoms with Crippen LogP contribution in [0.25, 0.3) is 10.7 Å². The lowest BCUT2D eigenvalue weighted by Crippen LogP contribution is -2.08. The molecule has 0 aliphatic heterocycles. The number of aryl methyl sites for hydroxylation is 1. The third-order valence-corrected chi connectivity index (χ3v) is 3.80. The Morgan fingerprint density at radius 3 is 3.19 bits per heavy atom. The molecule has 0 saturated carbocycles. The number of carboxylic acid groups (broad SMARTS) is 1. The zero-order valence-electron chi connectivity index (χ0n) is 8.17. The second-order valence-corrected chi connectivity index (χ2v) is 4.70. The van der Waals surface area contributed by atoms with Crippen LogP contribution in [-0.2, 0) is 11.2 Å². The van der Waals surface area contributed by atoms with Crippen LogP contribution in [0.5, 0.6) is 0 Å². The number of carboxylic acids is 1. The Bertz CT molecular complexity index is 534. The monoisotopic (exact) mass is 236 g/mol. The fourth-order valence-electron chi connectivity index (χ4n) is 1.88. The molecule has 2 aromatic heterocycles. The number of hydrogen-bond donors (Lipinski definition) is 2. The number of thiazole rings is 1. The molecule has 82 valence electrons. The van der Waals surface area contributed by atoms with Crippen molar-refractivity contribution in [2.24, 2.45) is 0 Å². The molecule has 0 saturated heterocycles. The maximum Gasteiger partial charge on any atom is 0.312 e. The minimum atomic E-state index is -0.796. The van der Waals surface area contributed by atoms with Gasteiger partial charge in [0, 0.05) is 4.88 Å². The molecular weight excluding hydrogens is 228 g/mol. The second-order valence-electron chi connectivity index (χ2n) is 3.61. The van der Waals surface area contributed by atoms with Crippen LogP contribution in [0.1, 0.15) is 22.9 Å². The molecule has 2 N–H and O–H groups in total. The number of rotatable bonds is 2. The fourth-order valence-corrected chi connectivity index (χ4v) is 2.97. The normalized spacial score (nSPS) is 18.6. The van der Waals surface area contributed by atoms with E-state index in [1.54, 1.807) is 6.20 Å². The summed E-state index contributed by atoms with van der Waals surface area (Å²) in [4.78, 5) is 16.4. The standard InChI is InChI=1S/C9H8N4O2S/c14-9(15)4-1-2-6-7(4)11-8(16-6)5-3-10-13-12-5/h3-4H,1-2H2,(H,14,15)(H,10,12,13). The number of nitrogens with zero attached hydrogens (tertiary/aromatic N) is 3. The summed E-state index contributed by atoms with van der Waals surface area (Å²) in [5.74, 6) is -1.25. The lowest BCUT2D eigenvalue weighted by atomic mass is 10.1. The van der Waals surface area contributed by atoms with Gasteiger partial charge in [0.05, 0.1) is 11.9 Å². The van der Waals surface area contributed by atoms with Crippen molar-refractivity contribution in [3.8, 4) is 10.7 Å². The summed E-state index contributed by atoms with van der Waals surface area (Å²) in [6, 6.07) is 0. The quantitative estimate of drug-likeness (QED) is 0.812. The van der Waals surface area contributed by atoms with Gasteiger partial charge in [-0.15, -0.1) is 11.3 Å². The highest BCUT2D eigenvalue weighted by Gasteiger charge is 2.32. The lowest BCUT2D eigenvalue weighted by molar-refractivity contribution is -0.138. The van der Waals surface area contributed by atoms with Crippen LogP contribution in [0.3, 0.4) is 0 Å². The van der Waals surface area contributed by atoms with Crippen molar-refractivity contribution in [1.82, 2.24) is 20.4 Å². The van der Waals surface area contributed by atoms with E-state index in [4.69, 9.17) is 5.11 Å². The average Bonchev–Trinajstić information content (AvgIpc) is 2.92. The number of nitrogens with one attached hydrogen (secondary N) is 1. The molecule has 1 unspecified atom stereocenters. The first kappa shape index (κ1) is 9.46. The first-order chi connectivity index (χ1) is 7.75. The van der Waals surface area contributed by atoms with Gasteiger partial charge in [0.2, 0.25) is 0 Å². The van der Waals surface area contributed by atoms with E-state index < -0.39 is 11.9 Å². The van der Waals surface area contributed by atoms with Gasteiger partial charge in [0.25, 0.3) is 0 Å². The van der Waals surface area contributed by atoms with Crippen LogP contribution < -0.4 is 0 Å². The molecule has 1 atom stereocenters. The number of aliphatic carboxylic acids is 1. The van der Waals surface area contributed by atoms with E-state index in [0.29, 0.717) is 17.8 Å². The van der Waals surface area contributed by atoms with Crippen molar-refractivity contribution in [1.29, 1.82) is 0 Å². The maximum absolute atomic E-state index is 11.0. The average molecular weight is 236 g/mol. The van der Waals surface area contributed by atoms with Gasteiger partial charge in [-0.3, -0.25) is 4.79 Å².